The summed E-state index contributed by atoms with van der Waals surface area (Å²) in [6.45, 7) is 0. The number of aromatic nitrogens is 1. The van der Waals surface area contributed by atoms with Crippen LogP contribution >= 0.6 is 11.6 Å². The summed E-state index contributed by atoms with van der Waals surface area (Å²) in [5.74, 6) is 0. The van der Waals surface area contributed by atoms with Crippen LogP contribution in [0, 0.1) is 11.3 Å². The van der Waals surface area contributed by atoms with Crippen LogP contribution in [0.2, 0.25) is 5.02 Å². The Labute approximate surface area is 99.0 Å². The van der Waals surface area contributed by atoms with E-state index in [0.717, 1.165) is 0 Å². The van der Waals surface area contributed by atoms with Crippen molar-refractivity contribution in [1.82, 2.24) is 10.3 Å². The van der Waals surface area contributed by atoms with Gasteiger partial charge in [0.05, 0.1) is 22.3 Å². The van der Waals surface area contributed by atoms with Crippen molar-refractivity contribution in [2.75, 3.05) is 0 Å². The molecule has 0 radical (unpaired) electrons. The number of alkyl halides is 3. The number of nitrogens with zero attached hydrogens (tertiary/aromatic N) is 2. The van der Waals surface area contributed by atoms with E-state index in [9.17, 15) is 18.0 Å². The molecule has 1 heterocycles. The topological polar surface area (TPSA) is 65.8 Å². The summed E-state index contributed by atoms with van der Waals surface area (Å²) in [6, 6.07) is 1.12. The Morgan fingerprint density at radius 2 is 2.24 bits per heavy atom. The second kappa shape index (κ2) is 5.01. The molecule has 17 heavy (non-hydrogen) atoms. The molecule has 90 valence electrons. The summed E-state index contributed by atoms with van der Waals surface area (Å²) in [5.41, 5.74) is -1.15. The molecule has 1 aromatic rings. The van der Waals surface area contributed by atoms with E-state index in [0.29, 0.717) is 12.3 Å². The first-order chi connectivity index (χ1) is 7.90. The Kier molecular flexibility index (Phi) is 3.91. The molecule has 1 atom stereocenters. The molecule has 8 heteroatoms. The Morgan fingerprint density at radius 1 is 1.59 bits per heavy atom. The molecular formula is C9H5ClF3N3O. The van der Waals surface area contributed by atoms with Crippen molar-refractivity contribution in [1.29, 1.82) is 5.26 Å². The number of amides is 1. The highest BCUT2D eigenvalue weighted by molar-refractivity contribution is 6.31. The first kappa shape index (κ1) is 13.3. The van der Waals surface area contributed by atoms with Crippen molar-refractivity contribution in [3.63, 3.8) is 0 Å². The van der Waals surface area contributed by atoms with Crippen LogP contribution in [-0.4, -0.2) is 11.4 Å². The standard InChI is InChI=1S/C9H5ClF3N3O/c10-6-1-5(9(11,12)13)3-15-8(6)7(2-14)16-4-17/h1,3-4,7H,(H,16,17). The van der Waals surface area contributed by atoms with Crippen molar-refractivity contribution in [2.45, 2.75) is 12.2 Å². The largest absolute Gasteiger partial charge is 0.417 e. The third-order valence-corrected chi connectivity index (χ3v) is 2.14. The molecule has 0 aliphatic carbocycles. The third kappa shape index (κ3) is 3.07. The summed E-state index contributed by atoms with van der Waals surface area (Å²) in [7, 11) is 0. The van der Waals surface area contributed by atoms with Crippen molar-refractivity contribution in [3.8, 4) is 6.07 Å². The summed E-state index contributed by atoms with van der Waals surface area (Å²) < 4.78 is 36.9. The maximum Gasteiger partial charge on any atom is 0.417 e. The third-order valence-electron chi connectivity index (χ3n) is 1.83. The SMILES string of the molecule is N#CC(NC=O)c1ncc(C(F)(F)F)cc1Cl. The van der Waals surface area contributed by atoms with E-state index in [-0.39, 0.29) is 17.1 Å². The molecule has 0 aliphatic rings. The van der Waals surface area contributed by atoms with Crippen LogP contribution in [0.3, 0.4) is 0 Å². The molecule has 0 aliphatic heterocycles. The number of nitriles is 1. The van der Waals surface area contributed by atoms with Gasteiger partial charge in [-0.1, -0.05) is 11.6 Å². The van der Waals surface area contributed by atoms with Gasteiger partial charge in [-0.3, -0.25) is 9.78 Å². The Morgan fingerprint density at radius 3 is 2.65 bits per heavy atom. The van der Waals surface area contributed by atoms with E-state index in [2.05, 4.69) is 10.3 Å². The summed E-state index contributed by atoms with van der Waals surface area (Å²) in [5, 5.41) is 10.4. The van der Waals surface area contributed by atoms with Crippen molar-refractivity contribution in [3.05, 3.63) is 28.5 Å². The molecule has 4 nitrogen and oxygen atoms in total. The monoisotopic (exact) mass is 263 g/mol. The van der Waals surface area contributed by atoms with Crippen LogP contribution in [0.5, 0.6) is 0 Å². The molecule has 0 saturated carbocycles. The van der Waals surface area contributed by atoms with E-state index >= 15 is 0 Å². The zero-order valence-electron chi connectivity index (χ0n) is 8.12. The normalized spacial score (nSPS) is 12.6. The lowest BCUT2D eigenvalue weighted by Crippen LogP contribution is -2.20. The number of hydrogen-bond acceptors (Lipinski definition) is 3. The lowest BCUT2D eigenvalue weighted by molar-refractivity contribution is -0.137. The van der Waals surface area contributed by atoms with Crippen molar-refractivity contribution in [2.24, 2.45) is 0 Å². The van der Waals surface area contributed by atoms with Gasteiger partial charge in [0.2, 0.25) is 6.41 Å². The van der Waals surface area contributed by atoms with Gasteiger partial charge in [-0.2, -0.15) is 18.4 Å². The smallest absolute Gasteiger partial charge is 0.338 e. The van der Waals surface area contributed by atoms with Crippen LogP contribution in [-0.2, 0) is 11.0 Å². The second-order valence-corrected chi connectivity index (χ2v) is 3.34. The number of carbonyl (C=O) groups is 1. The van der Waals surface area contributed by atoms with Gasteiger partial charge in [0.15, 0.2) is 6.04 Å². The fourth-order valence-electron chi connectivity index (χ4n) is 1.06. The van der Waals surface area contributed by atoms with Crippen molar-refractivity contribution < 1.29 is 18.0 Å². The molecule has 1 amide bonds. The van der Waals surface area contributed by atoms with Gasteiger partial charge in [0.1, 0.15) is 0 Å². The Bertz CT molecular complexity index is 470. The fourth-order valence-corrected chi connectivity index (χ4v) is 1.34. The lowest BCUT2D eigenvalue weighted by atomic mass is 10.1. The maximum atomic E-state index is 12.3. The second-order valence-electron chi connectivity index (χ2n) is 2.94. The number of pyridine rings is 1. The first-order valence-electron chi connectivity index (χ1n) is 4.22. The minimum Gasteiger partial charge on any atom is -0.338 e. The van der Waals surface area contributed by atoms with Crippen LogP contribution < -0.4 is 5.32 Å². The van der Waals surface area contributed by atoms with Crippen molar-refractivity contribution >= 4 is 18.0 Å². The molecule has 0 spiro atoms. The molecule has 0 saturated heterocycles. The van der Waals surface area contributed by atoms with E-state index < -0.39 is 17.8 Å². The van der Waals surface area contributed by atoms with Gasteiger partial charge in [0.25, 0.3) is 0 Å². The quantitative estimate of drug-likeness (QED) is 0.849. The minimum atomic E-state index is -4.56. The minimum absolute atomic E-state index is 0.130. The number of halogens is 4. The van der Waals surface area contributed by atoms with E-state index in [1.54, 1.807) is 6.07 Å². The number of carbonyl (C=O) groups excluding carboxylic acids is 1. The van der Waals surface area contributed by atoms with E-state index in [4.69, 9.17) is 16.9 Å². The van der Waals surface area contributed by atoms with E-state index in [1.165, 1.54) is 0 Å². The molecule has 1 unspecified atom stereocenters. The number of hydrogen-bond donors (Lipinski definition) is 1. The average molecular weight is 264 g/mol. The molecule has 1 N–H and O–H groups in total. The maximum absolute atomic E-state index is 12.3. The van der Waals surface area contributed by atoms with Gasteiger partial charge in [-0.05, 0) is 6.07 Å². The van der Waals surface area contributed by atoms with Gasteiger partial charge in [0, 0.05) is 6.20 Å². The number of rotatable bonds is 3. The highest BCUT2D eigenvalue weighted by atomic mass is 35.5. The lowest BCUT2D eigenvalue weighted by Gasteiger charge is -2.11. The van der Waals surface area contributed by atoms with Gasteiger partial charge in [-0.15, -0.1) is 0 Å². The Hall–Kier alpha value is -1.81. The predicted molar refractivity (Wildman–Crippen MR) is 51.8 cm³/mol. The van der Waals surface area contributed by atoms with Crippen LogP contribution in [0.15, 0.2) is 12.3 Å². The van der Waals surface area contributed by atoms with Crippen LogP contribution in [0.1, 0.15) is 17.3 Å². The molecule has 0 fully saturated rings. The zero-order valence-corrected chi connectivity index (χ0v) is 8.88. The average Bonchev–Trinajstić information content (AvgIpc) is 2.25. The van der Waals surface area contributed by atoms with E-state index in [1.807, 2.05) is 0 Å². The molecule has 1 aromatic heterocycles. The summed E-state index contributed by atoms with van der Waals surface area (Å²) in [6.07, 6.45) is -3.77. The zero-order chi connectivity index (χ0) is 13.1. The van der Waals surface area contributed by atoms with Gasteiger partial charge in [-0.25, -0.2) is 0 Å². The van der Waals surface area contributed by atoms with Crippen LogP contribution in [0.25, 0.3) is 0 Å². The van der Waals surface area contributed by atoms with Gasteiger partial charge >= 0.3 is 6.18 Å². The highest BCUT2D eigenvalue weighted by Crippen LogP contribution is 2.32. The summed E-state index contributed by atoms with van der Waals surface area (Å²) in [4.78, 5) is 13.6. The molecule has 1 rings (SSSR count). The number of nitrogens with one attached hydrogen (secondary N) is 1. The first-order valence-corrected chi connectivity index (χ1v) is 4.60. The molecule has 0 bridgehead atoms. The molecule has 0 aromatic carbocycles. The molecular weight excluding hydrogens is 259 g/mol. The highest BCUT2D eigenvalue weighted by Gasteiger charge is 2.32. The van der Waals surface area contributed by atoms with Gasteiger partial charge < -0.3 is 5.32 Å². The Balaban J connectivity index is 3.14. The fraction of sp³-hybridized carbons (Fsp3) is 0.222. The predicted octanol–water partition coefficient (Wildman–Crippen LogP) is 2.06. The summed E-state index contributed by atoms with van der Waals surface area (Å²) >= 11 is 5.58. The van der Waals surface area contributed by atoms with Crippen LogP contribution in [0.4, 0.5) is 13.2 Å².